The van der Waals surface area contributed by atoms with Gasteiger partial charge in [-0.2, -0.15) is 0 Å². The van der Waals surface area contributed by atoms with Crippen LogP contribution in [0.5, 0.6) is 5.75 Å². The molecule has 0 aromatic heterocycles. The van der Waals surface area contributed by atoms with Crippen LogP contribution < -0.4 is 0 Å². The Kier molecular flexibility index (Phi) is 2.66. The second-order valence-corrected chi connectivity index (χ2v) is 3.11. The third kappa shape index (κ3) is 2.28. The molecule has 0 atom stereocenters. The Morgan fingerprint density at radius 1 is 1.54 bits per heavy atom. The summed E-state index contributed by atoms with van der Waals surface area (Å²) in [6.07, 6.45) is 0.0763. The van der Waals surface area contributed by atoms with E-state index < -0.39 is 5.82 Å². The molecule has 0 aliphatic carbocycles. The summed E-state index contributed by atoms with van der Waals surface area (Å²) in [7, 11) is 0. The van der Waals surface area contributed by atoms with Crippen molar-refractivity contribution < 1.29 is 14.3 Å². The van der Waals surface area contributed by atoms with E-state index in [2.05, 4.69) is 0 Å². The molecule has 0 saturated carbocycles. The molecule has 0 spiro atoms. The number of hydrogen-bond acceptors (Lipinski definition) is 2. The highest BCUT2D eigenvalue weighted by atomic mass is 19.1. The van der Waals surface area contributed by atoms with Crippen LogP contribution >= 0.6 is 0 Å². The van der Waals surface area contributed by atoms with Crippen LogP contribution in [0.15, 0.2) is 12.1 Å². The van der Waals surface area contributed by atoms with E-state index in [-0.39, 0.29) is 18.0 Å². The van der Waals surface area contributed by atoms with Gasteiger partial charge < -0.3 is 5.11 Å². The number of phenols is 1. The molecule has 0 radical (unpaired) electrons. The zero-order valence-corrected chi connectivity index (χ0v) is 7.60. The monoisotopic (exact) mass is 182 g/mol. The van der Waals surface area contributed by atoms with Gasteiger partial charge in [-0.1, -0.05) is 0 Å². The van der Waals surface area contributed by atoms with Crippen LogP contribution in [0.4, 0.5) is 4.39 Å². The average Bonchev–Trinajstić information content (AvgIpc) is 1.99. The van der Waals surface area contributed by atoms with E-state index in [0.717, 1.165) is 6.07 Å². The van der Waals surface area contributed by atoms with Crippen LogP contribution in [0.2, 0.25) is 0 Å². The minimum atomic E-state index is -0.529. The first kappa shape index (κ1) is 9.71. The maximum atomic E-state index is 13.1. The van der Waals surface area contributed by atoms with Crippen molar-refractivity contribution >= 4 is 5.78 Å². The number of hydrogen-bond donors (Lipinski definition) is 1. The van der Waals surface area contributed by atoms with Gasteiger partial charge in [0.05, 0.1) is 0 Å². The first-order valence-corrected chi connectivity index (χ1v) is 3.98. The Balaban J connectivity index is 3.08. The van der Waals surface area contributed by atoms with E-state index in [1.165, 1.54) is 13.0 Å². The summed E-state index contributed by atoms with van der Waals surface area (Å²) in [5, 5.41) is 9.13. The van der Waals surface area contributed by atoms with Gasteiger partial charge in [0.2, 0.25) is 0 Å². The van der Waals surface area contributed by atoms with Gasteiger partial charge in [0, 0.05) is 12.5 Å². The number of aryl methyl sites for hydroxylation is 1. The van der Waals surface area contributed by atoms with Gasteiger partial charge in [0.1, 0.15) is 17.3 Å². The summed E-state index contributed by atoms with van der Waals surface area (Å²) in [4.78, 5) is 10.7. The summed E-state index contributed by atoms with van der Waals surface area (Å²) in [6.45, 7) is 3.07. The maximum absolute atomic E-state index is 13.1. The average molecular weight is 182 g/mol. The molecule has 0 aliphatic heterocycles. The van der Waals surface area contributed by atoms with Gasteiger partial charge >= 0.3 is 0 Å². The van der Waals surface area contributed by atoms with E-state index in [1.807, 2.05) is 0 Å². The lowest BCUT2D eigenvalue weighted by molar-refractivity contribution is -0.116. The fourth-order valence-electron chi connectivity index (χ4n) is 1.13. The summed E-state index contributed by atoms with van der Waals surface area (Å²) >= 11 is 0. The molecule has 1 aromatic carbocycles. The Labute approximate surface area is 76.0 Å². The third-order valence-corrected chi connectivity index (χ3v) is 1.80. The van der Waals surface area contributed by atoms with E-state index in [1.54, 1.807) is 6.92 Å². The van der Waals surface area contributed by atoms with E-state index >= 15 is 0 Å². The smallest absolute Gasteiger partial charge is 0.134 e. The Morgan fingerprint density at radius 2 is 2.15 bits per heavy atom. The van der Waals surface area contributed by atoms with Crippen molar-refractivity contribution in [1.29, 1.82) is 0 Å². The van der Waals surface area contributed by atoms with Crippen molar-refractivity contribution in [2.24, 2.45) is 0 Å². The number of rotatable bonds is 2. The van der Waals surface area contributed by atoms with Crippen molar-refractivity contribution in [2.75, 3.05) is 0 Å². The summed E-state index contributed by atoms with van der Waals surface area (Å²) in [5.74, 6) is -0.702. The quantitative estimate of drug-likeness (QED) is 0.759. The van der Waals surface area contributed by atoms with Crippen molar-refractivity contribution in [2.45, 2.75) is 20.3 Å². The van der Waals surface area contributed by atoms with Crippen LogP contribution in [-0.4, -0.2) is 10.9 Å². The second-order valence-electron chi connectivity index (χ2n) is 3.11. The molecule has 2 nitrogen and oxygen atoms in total. The number of carbonyl (C=O) groups is 1. The third-order valence-electron chi connectivity index (χ3n) is 1.80. The molecule has 0 heterocycles. The molecule has 1 aromatic rings. The molecule has 0 fully saturated rings. The molecule has 0 amide bonds. The highest BCUT2D eigenvalue weighted by Crippen LogP contribution is 2.20. The van der Waals surface area contributed by atoms with Crippen LogP contribution in [0.3, 0.4) is 0 Å². The molecule has 0 bridgehead atoms. The standard InChI is InChI=1S/C10H11FO2/c1-6-3-8(4-7(2)12)9(11)5-10(6)13/h3,5,13H,4H2,1-2H3. The summed E-state index contributed by atoms with van der Waals surface area (Å²) < 4.78 is 13.1. The lowest BCUT2D eigenvalue weighted by atomic mass is 10.1. The predicted octanol–water partition coefficient (Wildman–Crippen LogP) is 1.97. The maximum Gasteiger partial charge on any atom is 0.134 e. The van der Waals surface area contributed by atoms with Gasteiger partial charge in [0.25, 0.3) is 0 Å². The Hall–Kier alpha value is -1.38. The van der Waals surface area contributed by atoms with Crippen molar-refractivity contribution in [1.82, 2.24) is 0 Å². The normalized spacial score (nSPS) is 10.1. The second kappa shape index (κ2) is 3.56. The molecule has 0 saturated heterocycles. The predicted molar refractivity (Wildman–Crippen MR) is 47.2 cm³/mol. The number of carbonyl (C=O) groups excluding carboxylic acids is 1. The van der Waals surface area contributed by atoms with E-state index in [0.29, 0.717) is 11.1 Å². The Bertz CT molecular complexity index is 345. The summed E-state index contributed by atoms with van der Waals surface area (Å²) in [5.41, 5.74) is 0.917. The molecule has 70 valence electrons. The topological polar surface area (TPSA) is 37.3 Å². The zero-order chi connectivity index (χ0) is 10.0. The molecule has 0 unspecified atom stereocenters. The van der Waals surface area contributed by atoms with E-state index in [9.17, 15) is 9.18 Å². The molecule has 0 aliphatic rings. The van der Waals surface area contributed by atoms with Gasteiger partial charge in [-0.15, -0.1) is 0 Å². The van der Waals surface area contributed by atoms with Crippen LogP contribution in [0.1, 0.15) is 18.1 Å². The number of phenolic OH excluding ortho intramolecular Hbond substituents is 1. The lowest BCUT2D eigenvalue weighted by Gasteiger charge is -2.04. The van der Waals surface area contributed by atoms with Crippen molar-refractivity contribution in [3.8, 4) is 5.75 Å². The van der Waals surface area contributed by atoms with E-state index in [4.69, 9.17) is 5.11 Å². The molecule has 1 rings (SSSR count). The number of aromatic hydroxyl groups is 1. The van der Waals surface area contributed by atoms with Gasteiger partial charge in [-0.25, -0.2) is 4.39 Å². The highest BCUT2D eigenvalue weighted by molar-refractivity contribution is 5.78. The molecule has 13 heavy (non-hydrogen) atoms. The van der Waals surface area contributed by atoms with Crippen molar-refractivity contribution in [3.05, 3.63) is 29.1 Å². The molecule has 3 heteroatoms. The van der Waals surface area contributed by atoms with Gasteiger partial charge in [0.15, 0.2) is 0 Å². The number of ketones is 1. The van der Waals surface area contributed by atoms with Crippen LogP contribution in [0.25, 0.3) is 0 Å². The van der Waals surface area contributed by atoms with Crippen molar-refractivity contribution in [3.63, 3.8) is 0 Å². The molecular formula is C10H11FO2. The van der Waals surface area contributed by atoms with Gasteiger partial charge in [-0.3, -0.25) is 4.79 Å². The largest absolute Gasteiger partial charge is 0.508 e. The number of benzene rings is 1. The lowest BCUT2D eigenvalue weighted by Crippen LogP contribution is -1.99. The molecule has 1 N–H and O–H groups in total. The van der Waals surface area contributed by atoms with Crippen LogP contribution in [0, 0.1) is 12.7 Å². The fraction of sp³-hybridized carbons (Fsp3) is 0.300. The highest BCUT2D eigenvalue weighted by Gasteiger charge is 2.07. The first-order valence-electron chi connectivity index (χ1n) is 3.98. The minimum absolute atomic E-state index is 0.0763. The fourth-order valence-corrected chi connectivity index (χ4v) is 1.13. The minimum Gasteiger partial charge on any atom is -0.508 e. The molecular weight excluding hydrogens is 171 g/mol. The first-order chi connectivity index (χ1) is 6.00. The Morgan fingerprint density at radius 3 is 2.69 bits per heavy atom. The van der Waals surface area contributed by atoms with Crippen LogP contribution in [-0.2, 0) is 11.2 Å². The number of halogens is 1. The zero-order valence-electron chi connectivity index (χ0n) is 7.60. The van der Waals surface area contributed by atoms with Gasteiger partial charge in [-0.05, 0) is 31.0 Å². The SMILES string of the molecule is CC(=O)Cc1cc(C)c(O)cc1F. The summed E-state index contributed by atoms with van der Waals surface area (Å²) in [6, 6.07) is 2.53. The number of Topliss-reactive ketones (excluding diaryl/α,β-unsaturated/α-hetero) is 1.